The Kier molecular flexibility index (Phi) is 4.35. The van der Waals surface area contributed by atoms with Crippen molar-refractivity contribution in [1.82, 2.24) is 19.5 Å². The summed E-state index contributed by atoms with van der Waals surface area (Å²) >= 11 is 0. The van der Waals surface area contributed by atoms with E-state index in [0.717, 1.165) is 53.1 Å². The van der Waals surface area contributed by atoms with Crippen molar-refractivity contribution in [1.29, 1.82) is 0 Å². The van der Waals surface area contributed by atoms with Crippen molar-refractivity contribution in [3.63, 3.8) is 0 Å². The first kappa shape index (κ1) is 17.6. The van der Waals surface area contributed by atoms with Crippen molar-refractivity contribution in [2.75, 3.05) is 12.4 Å². The number of nitrogens with zero attached hydrogens (tertiary/aromatic N) is 4. The van der Waals surface area contributed by atoms with Crippen LogP contribution in [0.3, 0.4) is 0 Å². The summed E-state index contributed by atoms with van der Waals surface area (Å²) in [6, 6.07) is 10.6. The molecule has 2 aromatic heterocycles. The van der Waals surface area contributed by atoms with E-state index in [1.165, 1.54) is 12.1 Å². The van der Waals surface area contributed by atoms with E-state index in [4.69, 9.17) is 4.74 Å². The number of fused-ring (bicyclic) bond motifs is 2. The lowest BCUT2D eigenvalue weighted by Gasteiger charge is -2.25. The predicted molar refractivity (Wildman–Crippen MR) is 109 cm³/mol. The third-order valence-electron chi connectivity index (χ3n) is 5.38. The molecule has 1 aliphatic rings. The summed E-state index contributed by atoms with van der Waals surface area (Å²) in [5.41, 5.74) is 2.57. The zero-order valence-electron chi connectivity index (χ0n) is 16.0. The predicted octanol–water partition coefficient (Wildman–Crippen LogP) is 4.07. The topological polar surface area (TPSA) is 64.9 Å². The number of anilines is 1. The highest BCUT2D eigenvalue weighted by molar-refractivity contribution is 5.96. The molecule has 1 N–H and O–H groups in total. The van der Waals surface area contributed by atoms with Crippen molar-refractivity contribution in [2.24, 2.45) is 0 Å². The quantitative estimate of drug-likeness (QED) is 0.570. The van der Waals surface area contributed by atoms with E-state index in [-0.39, 0.29) is 11.9 Å². The third-order valence-corrected chi connectivity index (χ3v) is 5.38. The lowest BCUT2D eigenvalue weighted by Crippen LogP contribution is -2.31. The molecule has 0 saturated heterocycles. The molecule has 2 aromatic carbocycles. The maximum Gasteiger partial charge on any atom is 0.145 e. The van der Waals surface area contributed by atoms with Crippen LogP contribution >= 0.6 is 0 Å². The van der Waals surface area contributed by atoms with Gasteiger partial charge in [-0.3, -0.25) is 0 Å². The Bertz CT molecular complexity index is 1170. The Balaban J connectivity index is 1.55. The number of nitrogens with one attached hydrogen (secondary N) is 1. The van der Waals surface area contributed by atoms with Gasteiger partial charge in [0.25, 0.3) is 0 Å². The first-order valence-corrected chi connectivity index (χ1v) is 9.56. The second-order valence-corrected chi connectivity index (χ2v) is 7.18. The molecular formula is C22H20FN5O. The molecule has 146 valence electrons. The average molecular weight is 389 g/mol. The molecule has 0 bridgehead atoms. The lowest BCUT2D eigenvalue weighted by molar-refractivity contribution is 0.419. The number of benzene rings is 2. The van der Waals surface area contributed by atoms with Crippen LogP contribution in [0.15, 0.2) is 55.1 Å². The first-order valence-electron chi connectivity index (χ1n) is 9.56. The van der Waals surface area contributed by atoms with Gasteiger partial charge in [0.15, 0.2) is 0 Å². The summed E-state index contributed by atoms with van der Waals surface area (Å²) in [5, 5.41) is 4.46. The number of methoxy groups -OCH3 is 1. The monoisotopic (exact) mass is 389 g/mol. The normalized spacial score (nSPS) is 15.9. The Labute approximate surface area is 167 Å². The van der Waals surface area contributed by atoms with E-state index in [1.54, 1.807) is 25.6 Å². The number of hydrogen-bond acceptors (Lipinski definition) is 5. The number of aromatic nitrogens is 4. The summed E-state index contributed by atoms with van der Waals surface area (Å²) < 4.78 is 21.1. The highest BCUT2D eigenvalue weighted by atomic mass is 19.1. The van der Waals surface area contributed by atoms with Gasteiger partial charge >= 0.3 is 0 Å². The Hall–Kier alpha value is -3.48. The summed E-state index contributed by atoms with van der Waals surface area (Å²) in [7, 11) is 1.63. The van der Waals surface area contributed by atoms with Crippen LogP contribution in [0.1, 0.15) is 12.2 Å². The number of halogens is 1. The molecule has 4 aromatic rings. The molecule has 0 saturated carbocycles. The fourth-order valence-electron chi connectivity index (χ4n) is 3.89. The minimum absolute atomic E-state index is 0.246. The van der Waals surface area contributed by atoms with Gasteiger partial charge in [-0.15, -0.1) is 0 Å². The van der Waals surface area contributed by atoms with Crippen LogP contribution in [0.4, 0.5) is 10.2 Å². The van der Waals surface area contributed by atoms with E-state index in [1.807, 2.05) is 24.5 Å². The Morgan fingerprint density at radius 2 is 1.97 bits per heavy atom. The second kappa shape index (κ2) is 7.16. The fraction of sp³-hybridized carbons (Fsp3) is 0.227. The molecular weight excluding hydrogens is 369 g/mol. The molecule has 0 radical (unpaired) electrons. The van der Waals surface area contributed by atoms with Gasteiger partial charge in [-0.05, 0) is 41.8 Å². The van der Waals surface area contributed by atoms with Crippen LogP contribution in [0.25, 0.3) is 22.0 Å². The van der Waals surface area contributed by atoms with Gasteiger partial charge in [-0.2, -0.15) is 0 Å². The van der Waals surface area contributed by atoms with Crippen LogP contribution in [-0.2, 0) is 13.0 Å². The summed E-state index contributed by atoms with van der Waals surface area (Å²) in [4.78, 5) is 13.3. The molecule has 7 heteroatoms. The second-order valence-electron chi connectivity index (χ2n) is 7.18. The molecule has 1 unspecified atom stereocenters. The smallest absolute Gasteiger partial charge is 0.145 e. The van der Waals surface area contributed by atoms with Gasteiger partial charge in [0.1, 0.15) is 35.1 Å². The Morgan fingerprint density at radius 3 is 2.79 bits per heavy atom. The van der Waals surface area contributed by atoms with Crippen LogP contribution in [0, 0.1) is 5.82 Å². The van der Waals surface area contributed by atoms with Crippen molar-refractivity contribution in [3.8, 4) is 16.9 Å². The first-order chi connectivity index (χ1) is 14.2. The number of ether oxygens (including phenoxy) is 1. The average Bonchev–Trinajstić information content (AvgIpc) is 3.22. The van der Waals surface area contributed by atoms with Gasteiger partial charge in [0.2, 0.25) is 0 Å². The van der Waals surface area contributed by atoms with E-state index in [9.17, 15) is 4.39 Å². The molecule has 0 amide bonds. The number of aryl methyl sites for hydroxylation is 1. The number of imidazole rings is 1. The van der Waals surface area contributed by atoms with Gasteiger partial charge in [0, 0.05) is 36.8 Å². The molecule has 0 spiro atoms. The van der Waals surface area contributed by atoms with Crippen molar-refractivity contribution >= 4 is 16.7 Å². The molecule has 5 rings (SSSR count). The van der Waals surface area contributed by atoms with Crippen molar-refractivity contribution in [3.05, 3.63) is 66.8 Å². The largest absolute Gasteiger partial charge is 0.494 e. The molecule has 0 fully saturated rings. The highest BCUT2D eigenvalue weighted by Gasteiger charge is 2.20. The zero-order valence-corrected chi connectivity index (χ0v) is 16.0. The third kappa shape index (κ3) is 3.29. The number of rotatable bonds is 4. The van der Waals surface area contributed by atoms with Crippen LogP contribution in [0.2, 0.25) is 0 Å². The maximum absolute atomic E-state index is 13.3. The van der Waals surface area contributed by atoms with Crippen molar-refractivity contribution < 1.29 is 9.13 Å². The molecule has 1 atom stereocenters. The zero-order chi connectivity index (χ0) is 19.8. The minimum Gasteiger partial charge on any atom is -0.494 e. The van der Waals surface area contributed by atoms with Crippen LogP contribution < -0.4 is 10.1 Å². The summed E-state index contributed by atoms with van der Waals surface area (Å²) in [6.07, 6.45) is 7.32. The molecule has 6 nitrogen and oxygen atoms in total. The maximum atomic E-state index is 13.3. The van der Waals surface area contributed by atoms with Gasteiger partial charge in [0.05, 0.1) is 7.11 Å². The highest BCUT2D eigenvalue weighted by Crippen LogP contribution is 2.34. The van der Waals surface area contributed by atoms with Crippen LogP contribution in [0.5, 0.6) is 5.75 Å². The van der Waals surface area contributed by atoms with E-state index < -0.39 is 0 Å². The molecule has 1 aliphatic heterocycles. The van der Waals surface area contributed by atoms with Crippen LogP contribution in [-0.4, -0.2) is 32.7 Å². The van der Waals surface area contributed by atoms with E-state index in [0.29, 0.717) is 5.75 Å². The number of hydrogen-bond donors (Lipinski definition) is 1. The van der Waals surface area contributed by atoms with Gasteiger partial charge in [-0.1, -0.05) is 12.1 Å². The lowest BCUT2D eigenvalue weighted by atomic mass is 10.0. The van der Waals surface area contributed by atoms with E-state index in [2.05, 4.69) is 24.8 Å². The fourth-order valence-corrected chi connectivity index (χ4v) is 3.89. The molecule has 3 heterocycles. The standard InChI is InChI=1S/C22H20FN5O/c1-29-19-11-15(14-2-4-16(23)5-3-14)10-18-21(19)25-13-26-22(18)27-17-6-7-20-24-8-9-28(20)12-17/h2-5,8-11,13,17H,6-7,12H2,1H3,(H,25,26,27). The Morgan fingerprint density at radius 1 is 1.10 bits per heavy atom. The minimum atomic E-state index is -0.261. The SMILES string of the molecule is COc1cc(-c2ccc(F)cc2)cc2c(NC3CCc4nccn4C3)ncnc12. The van der Waals surface area contributed by atoms with E-state index >= 15 is 0 Å². The van der Waals surface area contributed by atoms with Crippen molar-refractivity contribution in [2.45, 2.75) is 25.4 Å². The van der Waals surface area contributed by atoms with Gasteiger partial charge in [-0.25, -0.2) is 19.3 Å². The summed E-state index contributed by atoms with van der Waals surface area (Å²) in [5.74, 6) is 2.29. The summed E-state index contributed by atoms with van der Waals surface area (Å²) in [6.45, 7) is 0.843. The van der Waals surface area contributed by atoms with Gasteiger partial charge < -0.3 is 14.6 Å². The molecule has 29 heavy (non-hydrogen) atoms. The molecule has 0 aliphatic carbocycles.